The molecule has 0 atom stereocenters. The molecule has 0 saturated carbocycles. The molecule has 0 amide bonds. The van der Waals surface area contributed by atoms with Crippen molar-refractivity contribution in [3.63, 3.8) is 0 Å². The zero-order valence-electron chi connectivity index (χ0n) is 11.5. The van der Waals surface area contributed by atoms with Crippen LogP contribution in [0.2, 0.25) is 0 Å². The van der Waals surface area contributed by atoms with E-state index in [1.54, 1.807) is 0 Å². The minimum Gasteiger partial charge on any atom is -0.504 e. The Morgan fingerprint density at radius 2 is 1.76 bits per heavy atom. The van der Waals surface area contributed by atoms with Crippen LogP contribution in [-0.2, 0) is 0 Å². The van der Waals surface area contributed by atoms with Gasteiger partial charge in [0.05, 0.1) is 6.61 Å². The maximum atomic E-state index is 14.1. The van der Waals surface area contributed by atoms with Gasteiger partial charge >= 0.3 is 0 Å². The summed E-state index contributed by atoms with van der Waals surface area (Å²) in [4.78, 5) is 0. The van der Waals surface area contributed by atoms with Crippen LogP contribution in [0.1, 0.15) is 19.8 Å². The molecule has 21 heavy (non-hydrogen) atoms. The zero-order chi connectivity index (χ0) is 15.4. The van der Waals surface area contributed by atoms with Crippen molar-refractivity contribution < 1.29 is 23.0 Å². The molecule has 0 radical (unpaired) electrons. The third-order valence-corrected chi connectivity index (χ3v) is 3.08. The van der Waals surface area contributed by atoms with Gasteiger partial charge in [0.15, 0.2) is 23.1 Å². The van der Waals surface area contributed by atoms with Gasteiger partial charge in [0.2, 0.25) is 5.82 Å². The summed E-state index contributed by atoms with van der Waals surface area (Å²) < 4.78 is 46.5. The quantitative estimate of drug-likeness (QED) is 0.813. The molecule has 0 spiro atoms. The fourth-order valence-corrected chi connectivity index (χ4v) is 1.91. The molecule has 2 aromatic carbocycles. The number of benzene rings is 2. The van der Waals surface area contributed by atoms with Crippen LogP contribution in [0.5, 0.6) is 11.5 Å². The summed E-state index contributed by atoms with van der Waals surface area (Å²) >= 11 is 0. The first-order chi connectivity index (χ1) is 10.1. The lowest BCUT2D eigenvalue weighted by molar-refractivity contribution is 0.289. The number of para-hydroxylation sites is 1. The first-order valence-electron chi connectivity index (χ1n) is 6.65. The predicted octanol–water partition coefficient (Wildman–Crippen LogP) is 4.66. The Bertz CT molecular complexity index is 642. The molecule has 0 aliphatic carbocycles. The topological polar surface area (TPSA) is 29.5 Å². The Kier molecular flexibility index (Phi) is 4.73. The zero-order valence-corrected chi connectivity index (χ0v) is 11.5. The van der Waals surface area contributed by atoms with Crippen LogP contribution in [0.3, 0.4) is 0 Å². The molecule has 1 N–H and O–H groups in total. The van der Waals surface area contributed by atoms with Crippen LogP contribution in [0.15, 0.2) is 30.3 Å². The number of phenols is 1. The number of hydrogen-bond acceptors (Lipinski definition) is 2. The van der Waals surface area contributed by atoms with Crippen LogP contribution in [-0.4, -0.2) is 11.7 Å². The van der Waals surface area contributed by atoms with E-state index in [1.807, 2.05) is 6.92 Å². The van der Waals surface area contributed by atoms with E-state index >= 15 is 0 Å². The summed E-state index contributed by atoms with van der Waals surface area (Å²) in [5.74, 6) is -4.12. The number of unbranched alkanes of at least 4 members (excludes halogenated alkanes) is 1. The average Bonchev–Trinajstić information content (AvgIpc) is 2.47. The van der Waals surface area contributed by atoms with E-state index in [2.05, 4.69) is 0 Å². The third-order valence-electron chi connectivity index (χ3n) is 3.08. The van der Waals surface area contributed by atoms with Crippen molar-refractivity contribution in [2.75, 3.05) is 6.61 Å². The van der Waals surface area contributed by atoms with Gasteiger partial charge in [-0.3, -0.25) is 0 Å². The van der Waals surface area contributed by atoms with Crippen molar-refractivity contribution in [1.29, 1.82) is 0 Å². The van der Waals surface area contributed by atoms with Crippen LogP contribution >= 0.6 is 0 Å². The van der Waals surface area contributed by atoms with E-state index in [-0.39, 0.29) is 23.5 Å². The number of phenolic OH excluding ortho intramolecular Hbond substituents is 1. The number of hydrogen-bond donors (Lipinski definition) is 1. The van der Waals surface area contributed by atoms with Gasteiger partial charge in [-0.1, -0.05) is 25.5 Å². The van der Waals surface area contributed by atoms with Crippen molar-refractivity contribution in [1.82, 2.24) is 0 Å². The smallest absolute Gasteiger partial charge is 0.201 e. The number of aromatic hydroxyl groups is 1. The van der Waals surface area contributed by atoms with E-state index in [0.29, 0.717) is 0 Å². The second-order valence-corrected chi connectivity index (χ2v) is 4.58. The van der Waals surface area contributed by atoms with Gasteiger partial charge in [-0.2, -0.15) is 4.39 Å². The van der Waals surface area contributed by atoms with E-state index < -0.39 is 23.2 Å². The highest BCUT2D eigenvalue weighted by molar-refractivity contribution is 5.71. The minimum atomic E-state index is -1.18. The Balaban J connectivity index is 2.38. The Morgan fingerprint density at radius 1 is 1.00 bits per heavy atom. The van der Waals surface area contributed by atoms with E-state index in [0.717, 1.165) is 18.9 Å². The summed E-state index contributed by atoms with van der Waals surface area (Å²) in [6.45, 7) is 2.24. The highest BCUT2D eigenvalue weighted by Gasteiger charge is 2.19. The first-order valence-corrected chi connectivity index (χ1v) is 6.65. The lowest BCUT2D eigenvalue weighted by Gasteiger charge is -2.11. The number of rotatable bonds is 5. The molecule has 0 heterocycles. The van der Waals surface area contributed by atoms with Gasteiger partial charge in [-0.05, 0) is 24.6 Å². The van der Waals surface area contributed by atoms with Gasteiger partial charge in [-0.15, -0.1) is 0 Å². The molecule has 0 aliphatic rings. The molecule has 0 unspecified atom stereocenters. The van der Waals surface area contributed by atoms with Gasteiger partial charge in [0.25, 0.3) is 0 Å². The molecule has 0 fully saturated rings. The Labute approximate surface area is 120 Å². The molecule has 0 saturated heterocycles. The highest BCUT2D eigenvalue weighted by atomic mass is 19.2. The van der Waals surface area contributed by atoms with E-state index in [4.69, 9.17) is 4.74 Å². The Hall–Kier alpha value is -2.17. The number of halogens is 3. The Morgan fingerprint density at radius 3 is 2.48 bits per heavy atom. The number of ether oxygens (including phenoxy) is 1. The van der Waals surface area contributed by atoms with Gasteiger partial charge < -0.3 is 9.84 Å². The van der Waals surface area contributed by atoms with Crippen LogP contribution in [0.25, 0.3) is 11.1 Å². The molecular formula is C16H15F3O2. The molecule has 2 aromatic rings. The average molecular weight is 296 g/mol. The lowest BCUT2D eigenvalue weighted by atomic mass is 10.0. The first kappa shape index (κ1) is 15.2. The second-order valence-electron chi connectivity index (χ2n) is 4.58. The van der Waals surface area contributed by atoms with Crippen molar-refractivity contribution in [2.24, 2.45) is 0 Å². The van der Waals surface area contributed by atoms with Gasteiger partial charge in [-0.25, -0.2) is 8.78 Å². The van der Waals surface area contributed by atoms with E-state index in [1.165, 1.54) is 24.3 Å². The monoisotopic (exact) mass is 296 g/mol. The fourth-order valence-electron chi connectivity index (χ4n) is 1.91. The summed E-state index contributed by atoms with van der Waals surface area (Å²) in [5.41, 5.74) is -0.321. The van der Waals surface area contributed by atoms with E-state index in [9.17, 15) is 18.3 Å². The standard InChI is InChI=1S/C16H15F3O2/c1-2-3-9-21-13-8-7-10(14(18)15(13)19)11-5-4-6-12(17)16(11)20/h4-8,20H,2-3,9H2,1H3. The maximum absolute atomic E-state index is 14.1. The molecule has 5 heteroatoms. The molecule has 112 valence electrons. The largest absolute Gasteiger partial charge is 0.504 e. The predicted molar refractivity (Wildman–Crippen MR) is 73.8 cm³/mol. The van der Waals surface area contributed by atoms with Crippen molar-refractivity contribution in [2.45, 2.75) is 19.8 Å². The maximum Gasteiger partial charge on any atom is 0.201 e. The molecule has 2 nitrogen and oxygen atoms in total. The lowest BCUT2D eigenvalue weighted by Crippen LogP contribution is -2.01. The van der Waals surface area contributed by atoms with Crippen molar-refractivity contribution in [3.05, 3.63) is 47.8 Å². The summed E-state index contributed by atoms with van der Waals surface area (Å²) in [7, 11) is 0. The third kappa shape index (κ3) is 3.12. The minimum absolute atomic E-state index is 0.105. The summed E-state index contributed by atoms with van der Waals surface area (Å²) in [5, 5.41) is 9.61. The SMILES string of the molecule is CCCCOc1ccc(-c2cccc(F)c2O)c(F)c1F. The van der Waals surface area contributed by atoms with Gasteiger partial charge in [0.1, 0.15) is 0 Å². The molecule has 2 rings (SSSR count). The molecule has 0 aliphatic heterocycles. The summed E-state index contributed by atoms with van der Waals surface area (Å²) in [6, 6.07) is 6.19. The van der Waals surface area contributed by atoms with Gasteiger partial charge in [0, 0.05) is 11.1 Å². The van der Waals surface area contributed by atoms with Crippen LogP contribution < -0.4 is 4.74 Å². The second kappa shape index (κ2) is 6.52. The normalized spacial score (nSPS) is 10.7. The highest BCUT2D eigenvalue weighted by Crippen LogP contribution is 2.35. The van der Waals surface area contributed by atoms with Crippen molar-refractivity contribution in [3.8, 4) is 22.6 Å². The molecule has 0 bridgehead atoms. The molecule has 0 aromatic heterocycles. The molecular weight excluding hydrogens is 281 g/mol. The van der Waals surface area contributed by atoms with Crippen LogP contribution in [0.4, 0.5) is 13.2 Å². The fraction of sp³-hybridized carbons (Fsp3) is 0.250. The van der Waals surface area contributed by atoms with Crippen LogP contribution in [0, 0.1) is 17.5 Å². The van der Waals surface area contributed by atoms with Crippen molar-refractivity contribution >= 4 is 0 Å². The summed E-state index contributed by atoms with van der Waals surface area (Å²) in [6.07, 6.45) is 1.60.